The first-order chi connectivity index (χ1) is 6.90. The minimum absolute atomic E-state index is 0.0121. The van der Waals surface area contributed by atoms with Crippen molar-refractivity contribution in [2.45, 2.75) is 64.2 Å². The Balaban J connectivity index is 2.35. The van der Waals surface area contributed by atoms with E-state index in [0.29, 0.717) is 0 Å². The molecule has 2 nitrogen and oxygen atoms in total. The molecule has 0 spiro atoms. The molecule has 1 saturated heterocycles. The molecule has 90 valence electrons. The predicted molar refractivity (Wildman–Crippen MR) is 49.4 cm³/mol. The first-order valence-corrected chi connectivity index (χ1v) is 5.28. The van der Waals surface area contributed by atoms with Gasteiger partial charge in [0.05, 0.1) is 12.2 Å². The molecule has 0 N–H and O–H groups in total. The van der Waals surface area contributed by atoms with Gasteiger partial charge in [0.15, 0.2) is 6.29 Å². The van der Waals surface area contributed by atoms with E-state index in [0.717, 1.165) is 12.8 Å². The maximum absolute atomic E-state index is 12.0. The van der Waals surface area contributed by atoms with Crippen molar-refractivity contribution in [2.24, 2.45) is 0 Å². The van der Waals surface area contributed by atoms with E-state index < -0.39 is 18.9 Å². The third-order valence-corrected chi connectivity index (χ3v) is 2.44. The molecule has 1 fully saturated rings. The van der Waals surface area contributed by atoms with Gasteiger partial charge >= 0.3 is 6.18 Å². The highest BCUT2D eigenvalue weighted by atomic mass is 19.4. The first-order valence-electron chi connectivity index (χ1n) is 5.28. The zero-order valence-electron chi connectivity index (χ0n) is 9.01. The highest BCUT2D eigenvalue weighted by molar-refractivity contribution is 4.69. The van der Waals surface area contributed by atoms with Crippen LogP contribution in [0.5, 0.6) is 0 Å². The Morgan fingerprint density at radius 3 is 2.47 bits per heavy atom. The summed E-state index contributed by atoms with van der Waals surface area (Å²) >= 11 is 0. The van der Waals surface area contributed by atoms with Crippen molar-refractivity contribution in [2.75, 3.05) is 0 Å². The first kappa shape index (κ1) is 12.8. The Morgan fingerprint density at radius 1 is 1.27 bits per heavy atom. The molecule has 1 aliphatic heterocycles. The molecule has 3 unspecified atom stereocenters. The average molecular weight is 226 g/mol. The number of alkyl halides is 3. The summed E-state index contributed by atoms with van der Waals surface area (Å²) in [6.07, 6.45) is -4.18. The van der Waals surface area contributed by atoms with Crippen LogP contribution in [0.3, 0.4) is 0 Å². The van der Waals surface area contributed by atoms with Gasteiger partial charge in [-0.05, 0) is 19.8 Å². The largest absolute Gasteiger partial charge is 0.389 e. The molecule has 0 saturated carbocycles. The van der Waals surface area contributed by atoms with Crippen molar-refractivity contribution < 1.29 is 22.6 Å². The molecular weight excluding hydrogens is 209 g/mol. The number of halogens is 3. The maximum Gasteiger partial charge on any atom is 0.389 e. The molecule has 0 aromatic carbocycles. The summed E-state index contributed by atoms with van der Waals surface area (Å²) in [5.74, 6) is 0. The maximum atomic E-state index is 12.0. The summed E-state index contributed by atoms with van der Waals surface area (Å²) in [5, 5.41) is 0. The number of ether oxygens (including phenoxy) is 2. The Hall–Kier alpha value is -0.290. The van der Waals surface area contributed by atoms with Crippen LogP contribution in [0.1, 0.15) is 39.5 Å². The minimum atomic E-state index is -4.13. The summed E-state index contributed by atoms with van der Waals surface area (Å²) in [4.78, 5) is 0. The van der Waals surface area contributed by atoms with E-state index in [2.05, 4.69) is 0 Å². The molecule has 0 aromatic heterocycles. The van der Waals surface area contributed by atoms with Gasteiger partial charge in [-0.2, -0.15) is 13.2 Å². The summed E-state index contributed by atoms with van der Waals surface area (Å²) < 4.78 is 46.6. The standard InChI is InChI=1S/C10H17F3O2/c1-3-8-6-7(2)14-9(15-8)4-5-10(11,12)13/h7-9H,3-6H2,1-2H3. The Bertz CT molecular complexity index is 194. The second-order valence-corrected chi connectivity index (χ2v) is 3.93. The molecule has 3 atom stereocenters. The summed E-state index contributed by atoms with van der Waals surface area (Å²) in [6.45, 7) is 3.83. The van der Waals surface area contributed by atoms with E-state index in [1.54, 1.807) is 0 Å². The van der Waals surface area contributed by atoms with E-state index >= 15 is 0 Å². The monoisotopic (exact) mass is 226 g/mol. The van der Waals surface area contributed by atoms with E-state index in [1.807, 2.05) is 13.8 Å². The molecule has 5 heteroatoms. The lowest BCUT2D eigenvalue weighted by atomic mass is 10.1. The highest BCUT2D eigenvalue weighted by Gasteiger charge is 2.32. The quantitative estimate of drug-likeness (QED) is 0.735. The van der Waals surface area contributed by atoms with Gasteiger partial charge in [0, 0.05) is 12.8 Å². The Kier molecular flexibility index (Phi) is 4.40. The van der Waals surface area contributed by atoms with Gasteiger partial charge in [-0.25, -0.2) is 0 Å². The van der Waals surface area contributed by atoms with Crippen molar-refractivity contribution in [3.63, 3.8) is 0 Å². The van der Waals surface area contributed by atoms with E-state index in [9.17, 15) is 13.2 Å². The number of rotatable bonds is 3. The molecule has 0 aromatic rings. The molecule has 1 rings (SSSR count). The van der Waals surface area contributed by atoms with Crippen LogP contribution in [-0.4, -0.2) is 24.7 Å². The van der Waals surface area contributed by atoms with Gasteiger partial charge in [0.25, 0.3) is 0 Å². The van der Waals surface area contributed by atoms with Crippen LogP contribution in [0.25, 0.3) is 0 Å². The van der Waals surface area contributed by atoms with Gasteiger partial charge in [-0.3, -0.25) is 0 Å². The lowest BCUT2D eigenvalue weighted by molar-refractivity contribution is -0.250. The second kappa shape index (κ2) is 5.16. The van der Waals surface area contributed by atoms with Gasteiger partial charge in [-0.1, -0.05) is 6.92 Å². The summed E-state index contributed by atoms with van der Waals surface area (Å²) in [5.41, 5.74) is 0. The molecule has 0 bridgehead atoms. The predicted octanol–water partition coefficient (Wildman–Crippen LogP) is 3.26. The summed E-state index contributed by atoms with van der Waals surface area (Å²) in [6, 6.07) is 0. The fraction of sp³-hybridized carbons (Fsp3) is 1.00. The molecule has 0 amide bonds. The normalized spacial score (nSPS) is 33.0. The smallest absolute Gasteiger partial charge is 0.350 e. The third-order valence-electron chi connectivity index (χ3n) is 2.44. The lowest BCUT2D eigenvalue weighted by Crippen LogP contribution is -2.37. The Labute approximate surface area is 87.7 Å². The molecular formula is C10H17F3O2. The van der Waals surface area contributed by atoms with Crippen LogP contribution in [-0.2, 0) is 9.47 Å². The van der Waals surface area contributed by atoms with Crippen molar-refractivity contribution in [1.29, 1.82) is 0 Å². The highest BCUT2D eigenvalue weighted by Crippen LogP contribution is 2.27. The van der Waals surface area contributed by atoms with Crippen molar-refractivity contribution in [1.82, 2.24) is 0 Å². The van der Waals surface area contributed by atoms with Crippen molar-refractivity contribution >= 4 is 0 Å². The molecule has 1 aliphatic rings. The number of hydrogen-bond donors (Lipinski definition) is 0. The molecule has 0 radical (unpaired) electrons. The molecule has 15 heavy (non-hydrogen) atoms. The van der Waals surface area contributed by atoms with Crippen molar-refractivity contribution in [3.05, 3.63) is 0 Å². The van der Waals surface area contributed by atoms with Crippen LogP contribution in [0, 0.1) is 0 Å². The van der Waals surface area contributed by atoms with E-state index in [4.69, 9.17) is 9.47 Å². The second-order valence-electron chi connectivity index (χ2n) is 3.93. The topological polar surface area (TPSA) is 18.5 Å². The van der Waals surface area contributed by atoms with Gasteiger partial charge < -0.3 is 9.47 Å². The third kappa shape index (κ3) is 4.84. The van der Waals surface area contributed by atoms with Crippen LogP contribution in [0.4, 0.5) is 13.2 Å². The average Bonchev–Trinajstić information content (AvgIpc) is 2.13. The SMILES string of the molecule is CCC1CC(C)OC(CCC(F)(F)F)O1. The zero-order valence-corrected chi connectivity index (χ0v) is 9.01. The van der Waals surface area contributed by atoms with Crippen LogP contribution in [0.2, 0.25) is 0 Å². The molecule has 0 aliphatic carbocycles. The van der Waals surface area contributed by atoms with Gasteiger partial charge in [-0.15, -0.1) is 0 Å². The van der Waals surface area contributed by atoms with Gasteiger partial charge in [0.1, 0.15) is 0 Å². The zero-order chi connectivity index (χ0) is 11.5. The van der Waals surface area contributed by atoms with E-state index in [1.165, 1.54) is 0 Å². The van der Waals surface area contributed by atoms with Crippen LogP contribution < -0.4 is 0 Å². The van der Waals surface area contributed by atoms with Gasteiger partial charge in [0.2, 0.25) is 0 Å². The minimum Gasteiger partial charge on any atom is -0.350 e. The lowest BCUT2D eigenvalue weighted by Gasteiger charge is -2.34. The fourth-order valence-corrected chi connectivity index (χ4v) is 1.67. The van der Waals surface area contributed by atoms with Crippen LogP contribution >= 0.6 is 0 Å². The molecule has 1 heterocycles. The fourth-order valence-electron chi connectivity index (χ4n) is 1.67. The van der Waals surface area contributed by atoms with Crippen LogP contribution in [0.15, 0.2) is 0 Å². The van der Waals surface area contributed by atoms with E-state index in [-0.39, 0.29) is 18.6 Å². The van der Waals surface area contributed by atoms with Crippen molar-refractivity contribution in [3.8, 4) is 0 Å². The summed E-state index contributed by atoms with van der Waals surface area (Å²) in [7, 11) is 0. The number of hydrogen-bond acceptors (Lipinski definition) is 2. The Morgan fingerprint density at radius 2 is 1.93 bits per heavy atom.